The molecular formula is C13H19FN2O. The summed E-state index contributed by atoms with van der Waals surface area (Å²) >= 11 is 0. The first kappa shape index (κ1) is 12.5. The van der Waals surface area contributed by atoms with Gasteiger partial charge in [0.15, 0.2) is 0 Å². The molecule has 17 heavy (non-hydrogen) atoms. The molecule has 0 spiro atoms. The number of hydrogen-bond donors (Lipinski definition) is 1. The number of rotatable bonds is 4. The minimum absolute atomic E-state index is 0.375. The largest absolute Gasteiger partial charge is 0.381 e. The lowest BCUT2D eigenvalue weighted by molar-refractivity contribution is 0.0417. The minimum Gasteiger partial charge on any atom is -0.381 e. The molecular weight excluding hydrogens is 219 g/mol. The van der Waals surface area contributed by atoms with E-state index in [1.807, 2.05) is 6.07 Å². The van der Waals surface area contributed by atoms with Crippen LogP contribution in [-0.4, -0.2) is 24.2 Å². The first-order valence-electron chi connectivity index (χ1n) is 6.18. The summed E-state index contributed by atoms with van der Waals surface area (Å²) in [5.41, 5.74) is 0.744. The van der Waals surface area contributed by atoms with E-state index in [-0.39, 0.29) is 0 Å². The molecule has 4 heteroatoms. The summed E-state index contributed by atoms with van der Waals surface area (Å²) < 4.78 is 18.3. The molecule has 1 aliphatic rings. The molecule has 2 atom stereocenters. The van der Waals surface area contributed by atoms with Crippen molar-refractivity contribution in [2.45, 2.75) is 32.4 Å². The van der Waals surface area contributed by atoms with Crippen molar-refractivity contribution in [1.29, 1.82) is 0 Å². The second-order valence-corrected chi connectivity index (χ2v) is 4.60. The average Bonchev–Trinajstić information content (AvgIpc) is 2.37. The van der Waals surface area contributed by atoms with E-state index in [0.29, 0.717) is 18.5 Å². The van der Waals surface area contributed by atoms with Gasteiger partial charge in [-0.05, 0) is 37.8 Å². The summed E-state index contributed by atoms with van der Waals surface area (Å²) in [6.07, 6.45) is 2.33. The summed E-state index contributed by atoms with van der Waals surface area (Å²) in [6.45, 7) is 4.47. The summed E-state index contributed by atoms with van der Waals surface area (Å²) in [5, 5.41) is 3.39. The van der Waals surface area contributed by atoms with Gasteiger partial charge < -0.3 is 10.1 Å². The molecule has 2 heterocycles. The zero-order valence-electron chi connectivity index (χ0n) is 10.2. The second-order valence-electron chi connectivity index (χ2n) is 4.60. The lowest BCUT2D eigenvalue weighted by Crippen LogP contribution is -2.37. The average molecular weight is 238 g/mol. The van der Waals surface area contributed by atoms with Gasteiger partial charge in [0.25, 0.3) is 0 Å². The summed E-state index contributed by atoms with van der Waals surface area (Å²) in [5.74, 6) is 0.135. The maximum absolute atomic E-state index is 12.9. The molecule has 2 rings (SSSR count). The lowest BCUT2D eigenvalue weighted by atomic mass is 9.95. The fraction of sp³-hybridized carbons (Fsp3) is 0.615. The zero-order chi connectivity index (χ0) is 12.1. The van der Waals surface area contributed by atoms with Gasteiger partial charge in [-0.2, -0.15) is 4.39 Å². The predicted octanol–water partition coefficient (Wildman–Crippen LogP) is 2.13. The Kier molecular flexibility index (Phi) is 4.45. The lowest BCUT2D eigenvalue weighted by Gasteiger charge is -2.28. The van der Waals surface area contributed by atoms with E-state index in [1.54, 1.807) is 6.07 Å². The molecule has 1 N–H and O–H groups in total. The number of pyridine rings is 1. The monoisotopic (exact) mass is 238 g/mol. The summed E-state index contributed by atoms with van der Waals surface area (Å²) in [6, 6.07) is 5.26. The van der Waals surface area contributed by atoms with E-state index in [2.05, 4.69) is 17.2 Å². The highest BCUT2D eigenvalue weighted by Crippen LogP contribution is 2.17. The van der Waals surface area contributed by atoms with E-state index in [1.165, 1.54) is 12.5 Å². The van der Waals surface area contributed by atoms with Crippen LogP contribution < -0.4 is 5.32 Å². The van der Waals surface area contributed by atoms with Crippen LogP contribution >= 0.6 is 0 Å². The third kappa shape index (κ3) is 3.75. The van der Waals surface area contributed by atoms with Gasteiger partial charge >= 0.3 is 0 Å². The van der Waals surface area contributed by atoms with Crippen molar-refractivity contribution >= 4 is 0 Å². The fourth-order valence-corrected chi connectivity index (χ4v) is 2.14. The Hall–Kier alpha value is -1.00. The van der Waals surface area contributed by atoms with Crippen LogP contribution in [0.5, 0.6) is 0 Å². The van der Waals surface area contributed by atoms with Crippen molar-refractivity contribution in [1.82, 2.24) is 10.3 Å². The van der Waals surface area contributed by atoms with Crippen molar-refractivity contribution in [2.24, 2.45) is 5.92 Å². The zero-order valence-corrected chi connectivity index (χ0v) is 10.2. The van der Waals surface area contributed by atoms with Gasteiger partial charge in [-0.3, -0.25) is 0 Å². The maximum atomic E-state index is 12.9. The number of nitrogens with one attached hydrogen (secondary N) is 1. The normalized spacial score (nSPS) is 22.4. The topological polar surface area (TPSA) is 34.2 Å². The smallest absolute Gasteiger partial charge is 0.213 e. The molecule has 0 amide bonds. The van der Waals surface area contributed by atoms with Crippen molar-refractivity contribution in [3.8, 4) is 0 Å². The van der Waals surface area contributed by atoms with Crippen LogP contribution in [0, 0.1) is 11.9 Å². The van der Waals surface area contributed by atoms with Gasteiger partial charge in [-0.15, -0.1) is 0 Å². The van der Waals surface area contributed by atoms with Crippen LogP contribution in [0.1, 0.15) is 25.5 Å². The molecule has 3 nitrogen and oxygen atoms in total. The first-order chi connectivity index (χ1) is 8.25. The molecule has 0 aliphatic carbocycles. The van der Waals surface area contributed by atoms with E-state index in [4.69, 9.17) is 4.74 Å². The van der Waals surface area contributed by atoms with Gasteiger partial charge in [-0.1, -0.05) is 6.07 Å². The first-order valence-corrected chi connectivity index (χ1v) is 6.18. The van der Waals surface area contributed by atoms with Crippen molar-refractivity contribution in [3.05, 3.63) is 29.8 Å². The molecule has 0 radical (unpaired) electrons. The number of aromatic nitrogens is 1. The number of nitrogens with zero attached hydrogens (tertiary/aromatic N) is 1. The SMILES string of the molecule is CC(NCc1cccc(F)n1)C1CCCOC1. The highest BCUT2D eigenvalue weighted by atomic mass is 19.1. The Morgan fingerprint density at radius 1 is 1.59 bits per heavy atom. The molecule has 1 aromatic heterocycles. The van der Waals surface area contributed by atoms with Crippen LogP contribution in [0.3, 0.4) is 0 Å². The van der Waals surface area contributed by atoms with Gasteiger partial charge in [0.05, 0.1) is 12.3 Å². The Morgan fingerprint density at radius 3 is 3.18 bits per heavy atom. The number of ether oxygens (including phenoxy) is 1. The molecule has 1 aromatic rings. The van der Waals surface area contributed by atoms with Gasteiger partial charge in [0.2, 0.25) is 5.95 Å². The summed E-state index contributed by atoms with van der Waals surface area (Å²) in [7, 11) is 0. The Bertz CT molecular complexity index is 353. The van der Waals surface area contributed by atoms with E-state index in [9.17, 15) is 4.39 Å². The quantitative estimate of drug-likeness (QED) is 0.816. The van der Waals surface area contributed by atoms with Gasteiger partial charge in [-0.25, -0.2) is 4.98 Å². The van der Waals surface area contributed by atoms with Crippen LogP contribution in [0.25, 0.3) is 0 Å². The molecule has 0 bridgehead atoms. The fourth-order valence-electron chi connectivity index (χ4n) is 2.14. The van der Waals surface area contributed by atoms with Gasteiger partial charge in [0.1, 0.15) is 0 Å². The molecule has 1 saturated heterocycles. The van der Waals surface area contributed by atoms with Gasteiger partial charge in [0, 0.05) is 19.2 Å². The van der Waals surface area contributed by atoms with Crippen molar-refractivity contribution in [3.63, 3.8) is 0 Å². The molecule has 1 aliphatic heterocycles. The molecule has 1 fully saturated rings. The van der Waals surface area contributed by atoms with Crippen molar-refractivity contribution < 1.29 is 9.13 Å². The number of hydrogen-bond acceptors (Lipinski definition) is 3. The van der Waals surface area contributed by atoms with E-state index in [0.717, 1.165) is 25.3 Å². The summed E-state index contributed by atoms with van der Waals surface area (Å²) in [4.78, 5) is 3.83. The van der Waals surface area contributed by atoms with Crippen LogP contribution in [0.15, 0.2) is 18.2 Å². The van der Waals surface area contributed by atoms with E-state index < -0.39 is 5.95 Å². The third-order valence-corrected chi connectivity index (χ3v) is 3.28. The predicted molar refractivity (Wildman–Crippen MR) is 64.0 cm³/mol. The third-order valence-electron chi connectivity index (χ3n) is 3.28. The van der Waals surface area contributed by atoms with Crippen LogP contribution in [0.4, 0.5) is 4.39 Å². The Balaban J connectivity index is 1.80. The maximum Gasteiger partial charge on any atom is 0.213 e. The molecule has 0 aromatic carbocycles. The van der Waals surface area contributed by atoms with Crippen LogP contribution in [0.2, 0.25) is 0 Å². The minimum atomic E-state index is -0.419. The van der Waals surface area contributed by atoms with Crippen molar-refractivity contribution in [2.75, 3.05) is 13.2 Å². The molecule has 0 saturated carbocycles. The van der Waals surface area contributed by atoms with Crippen LogP contribution in [-0.2, 0) is 11.3 Å². The number of halogens is 1. The molecule has 2 unspecified atom stereocenters. The Morgan fingerprint density at radius 2 is 2.47 bits per heavy atom. The highest BCUT2D eigenvalue weighted by molar-refractivity contribution is 5.04. The Labute approximate surface area is 101 Å². The highest BCUT2D eigenvalue weighted by Gasteiger charge is 2.20. The molecule has 94 valence electrons. The standard InChI is InChI=1S/C13H19FN2O/c1-10(11-4-3-7-17-9-11)15-8-12-5-2-6-13(14)16-12/h2,5-6,10-11,15H,3-4,7-9H2,1H3. The second kappa shape index (κ2) is 6.07. The van der Waals surface area contributed by atoms with E-state index >= 15 is 0 Å².